The molecule has 0 rings (SSSR count). The monoisotopic (exact) mass is 932 g/mol. The number of hydrogen-bond donors (Lipinski definition) is 3. The fourth-order valence-corrected chi connectivity index (χ4v) is 8.71. The number of hydrogen-bond acceptors (Lipinski definition) is 3. The molecule has 0 aromatic rings. The Morgan fingerprint density at radius 2 is 0.657 bits per heavy atom. The third-order valence-corrected chi connectivity index (χ3v) is 13.1. The predicted octanol–water partition coefficient (Wildman–Crippen LogP) is 19.5. The van der Waals surface area contributed by atoms with E-state index in [1.54, 1.807) is 6.08 Å². The summed E-state index contributed by atoms with van der Waals surface area (Å²) in [4.78, 5) is 12.5. The molecule has 0 aliphatic heterocycles. The largest absolute Gasteiger partial charge is 0.394 e. The average molecular weight is 933 g/mol. The molecule has 0 aromatic carbocycles. The highest BCUT2D eigenvalue weighted by molar-refractivity contribution is 5.76. The van der Waals surface area contributed by atoms with Crippen molar-refractivity contribution in [2.24, 2.45) is 0 Å². The third kappa shape index (κ3) is 54.4. The first-order valence-corrected chi connectivity index (χ1v) is 29.3. The lowest BCUT2D eigenvalue weighted by atomic mass is 10.0. The molecule has 0 heterocycles. The molecule has 67 heavy (non-hydrogen) atoms. The van der Waals surface area contributed by atoms with Crippen LogP contribution in [0.15, 0.2) is 85.1 Å². The summed E-state index contributed by atoms with van der Waals surface area (Å²) in [6.45, 7) is 4.21. The highest BCUT2D eigenvalue weighted by Gasteiger charge is 2.18. The third-order valence-electron chi connectivity index (χ3n) is 13.1. The number of carbonyl (C=O) groups is 1. The summed E-state index contributed by atoms with van der Waals surface area (Å²) in [6, 6.07) is -0.631. The molecule has 0 bridgehead atoms. The smallest absolute Gasteiger partial charge is 0.220 e. The Morgan fingerprint density at radius 3 is 0.985 bits per heavy atom. The van der Waals surface area contributed by atoms with Crippen LogP contribution in [-0.4, -0.2) is 34.9 Å². The molecular weight excluding hydrogens is 819 g/mol. The van der Waals surface area contributed by atoms with Crippen molar-refractivity contribution < 1.29 is 15.0 Å². The van der Waals surface area contributed by atoms with Crippen LogP contribution in [0.5, 0.6) is 0 Å². The maximum absolute atomic E-state index is 12.5. The summed E-state index contributed by atoms with van der Waals surface area (Å²) < 4.78 is 0. The number of nitrogens with one attached hydrogen (secondary N) is 1. The van der Waals surface area contributed by atoms with Crippen molar-refractivity contribution in [3.63, 3.8) is 0 Å². The maximum atomic E-state index is 12.5. The minimum Gasteiger partial charge on any atom is -0.394 e. The van der Waals surface area contributed by atoms with Crippen molar-refractivity contribution in [2.75, 3.05) is 6.61 Å². The molecule has 0 radical (unpaired) electrons. The van der Waals surface area contributed by atoms with E-state index in [1.165, 1.54) is 205 Å². The minimum atomic E-state index is -0.847. The zero-order valence-corrected chi connectivity index (χ0v) is 44.7. The van der Waals surface area contributed by atoms with Gasteiger partial charge in [-0.3, -0.25) is 4.79 Å². The highest BCUT2D eigenvalue weighted by Crippen LogP contribution is 2.17. The Hall–Kier alpha value is -2.43. The van der Waals surface area contributed by atoms with Crippen LogP contribution in [0, 0.1) is 0 Å². The summed E-state index contributed by atoms with van der Waals surface area (Å²) in [5, 5.41) is 23.2. The quantitative estimate of drug-likeness (QED) is 0.0420. The van der Waals surface area contributed by atoms with E-state index in [1.807, 2.05) is 6.08 Å². The van der Waals surface area contributed by atoms with E-state index in [4.69, 9.17) is 0 Å². The Labute approximate surface area is 418 Å². The first kappa shape index (κ1) is 64.6. The Bertz CT molecular complexity index is 1190. The number of carbonyl (C=O) groups excluding carboxylic acids is 1. The van der Waals surface area contributed by atoms with Gasteiger partial charge in [0.15, 0.2) is 0 Å². The van der Waals surface area contributed by atoms with E-state index in [9.17, 15) is 15.0 Å². The number of aliphatic hydroxyl groups is 2. The van der Waals surface area contributed by atoms with Crippen molar-refractivity contribution in [3.8, 4) is 0 Å². The number of rotatable bonds is 53. The van der Waals surface area contributed by atoms with Crippen LogP contribution in [0.3, 0.4) is 0 Å². The summed E-state index contributed by atoms with van der Waals surface area (Å²) in [7, 11) is 0. The van der Waals surface area contributed by atoms with Crippen LogP contribution in [0.25, 0.3) is 0 Å². The highest BCUT2D eigenvalue weighted by atomic mass is 16.3. The maximum Gasteiger partial charge on any atom is 0.220 e. The van der Waals surface area contributed by atoms with Crippen LogP contribution >= 0.6 is 0 Å². The van der Waals surface area contributed by atoms with Crippen LogP contribution in [0.2, 0.25) is 0 Å². The molecule has 4 nitrogen and oxygen atoms in total. The van der Waals surface area contributed by atoms with E-state index in [0.717, 1.165) is 64.2 Å². The molecule has 4 heteroatoms. The second-order valence-corrected chi connectivity index (χ2v) is 19.7. The van der Waals surface area contributed by atoms with Crippen LogP contribution in [0.1, 0.15) is 290 Å². The molecule has 0 aliphatic rings. The van der Waals surface area contributed by atoms with Crippen LogP contribution < -0.4 is 5.32 Å². The molecule has 0 saturated carbocycles. The van der Waals surface area contributed by atoms with Gasteiger partial charge in [-0.2, -0.15) is 0 Å². The van der Waals surface area contributed by atoms with E-state index in [2.05, 4.69) is 92.1 Å². The lowest BCUT2D eigenvalue weighted by Crippen LogP contribution is -2.45. The number of unbranched alkanes of at least 4 members (excludes halogenated alkanes) is 34. The van der Waals surface area contributed by atoms with Crippen LogP contribution in [-0.2, 0) is 4.79 Å². The zero-order chi connectivity index (χ0) is 48.5. The molecule has 0 fully saturated rings. The molecule has 2 atom stereocenters. The van der Waals surface area contributed by atoms with Gasteiger partial charge in [-0.15, -0.1) is 0 Å². The average Bonchev–Trinajstić information content (AvgIpc) is 3.33. The van der Waals surface area contributed by atoms with Gasteiger partial charge in [-0.05, 0) is 70.6 Å². The molecular formula is C63H113NO3. The van der Waals surface area contributed by atoms with Gasteiger partial charge in [0.05, 0.1) is 18.8 Å². The summed E-state index contributed by atoms with van der Waals surface area (Å²) in [5.41, 5.74) is 0. The lowest BCUT2D eigenvalue weighted by Gasteiger charge is -2.20. The van der Waals surface area contributed by atoms with Gasteiger partial charge in [-0.1, -0.05) is 298 Å². The summed E-state index contributed by atoms with van der Waals surface area (Å²) >= 11 is 0. The van der Waals surface area contributed by atoms with Crippen molar-refractivity contribution in [1.82, 2.24) is 5.32 Å². The van der Waals surface area contributed by atoms with Crippen LogP contribution in [0.4, 0.5) is 0 Å². The van der Waals surface area contributed by atoms with Gasteiger partial charge >= 0.3 is 0 Å². The van der Waals surface area contributed by atoms with E-state index < -0.39 is 12.1 Å². The van der Waals surface area contributed by atoms with E-state index in [-0.39, 0.29) is 12.5 Å². The fraction of sp³-hybridized carbons (Fsp3) is 0.762. The van der Waals surface area contributed by atoms with Gasteiger partial charge in [0.1, 0.15) is 0 Å². The molecule has 2 unspecified atom stereocenters. The number of aliphatic hydroxyl groups excluding tert-OH is 2. The number of amides is 1. The first-order valence-electron chi connectivity index (χ1n) is 29.3. The summed E-state index contributed by atoms with van der Waals surface area (Å²) in [6.07, 6.45) is 84.6. The van der Waals surface area contributed by atoms with Gasteiger partial charge in [-0.25, -0.2) is 0 Å². The molecule has 1 amide bonds. The molecule has 0 saturated heterocycles. The normalized spacial score (nSPS) is 13.4. The molecule has 0 aliphatic carbocycles. The fourth-order valence-electron chi connectivity index (χ4n) is 8.71. The van der Waals surface area contributed by atoms with E-state index in [0.29, 0.717) is 6.42 Å². The molecule has 3 N–H and O–H groups in total. The van der Waals surface area contributed by atoms with Gasteiger partial charge in [0.25, 0.3) is 0 Å². The van der Waals surface area contributed by atoms with Crippen molar-refractivity contribution in [1.29, 1.82) is 0 Å². The van der Waals surface area contributed by atoms with E-state index >= 15 is 0 Å². The zero-order valence-electron chi connectivity index (χ0n) is 44.7. The Kier molecular flexibility index (Phi) is 55.8. The van der Waals surface area contributed by atoms with Gasteiger partial charge in [0, 0.05) is 6.42 Å². The van der Waals surface area contributed by atoms with Gasteiger partial charge in [0.2, 0.25) is 5.91 Å². The van der Waals surface area contributed by atoms with Crippen molar-refractivity contribution in [3.05, 3.63) is 85.1 Å². The Morgan fingerprint density at radius 1 is 0.373 bits per heavy atom. The first-order chi connectivity index (χ1) is 33.2. The van der Waals surface area contributed by atoms with Crippen molar-refractivity contribution >= 4 is 5.91 Å². The minimum absolute atomic E-state index is 0.0689. The lowest BCUT2D eigenvalue weighted by molar-refractivity contribution is -0.123. The second-order valence-electron chi connectivity index (χ2n) is 19.7. The number of allylic oxidation sites excluding steroid dienone is 13. The molecule has 0 spiro atoms. The van der Waals surface area contributed by atoms with Crippen molar-refractivity contribution in [2.45, 2.75) is 302 Å². The standard InChI is InChI=1S/C63H113NO3/c1-3-5-7-9-11-13-15-17-19-21-23-25-27-29-31-32-33-35-37-39-41-43-45-47-49-51-53-55-57-59-63(67)64-61(60-65)62(66)58-56-54-52-50-48-46-44-42-40-38-36-34-30-28-26-24-22-20-18-16-14-12-10-8-6-4-2/h5,7,11,13,17,19,23,25,29,31,33,35,56,58,61-62,65-66H,3-4,6,8-10,12,14-16,18,20-22,24,26-28,30,32,34,36-55,57,59-60H2,1-2H3,(H,64,67)/b7-5-,13-11-,19-17-,25-23-,31-29-,35-33-,58-56+. The summed E-state index contributed by atoms with van der Waals surface area (Å²) in [5.74, 6) is -0.0689. The predicted molar refractivity (Wildman–Crippen MR) is 299 cm³/mol. The molecule has 388 valence electrons. The SMILES string of the molecule is CC/C=C\C/C=C\C/C=C\C/C=C\C/C=C\C/C=C\CCCCCCCCCCCCC(=O)NC(CO)C(O)/C=C/CCCCCCCCCCCCCCCCCCCCCCCCCC. The van der Waals surface area contributed by atoms with Gasteiger partial charge < -0.3 is 15.5 Å². The Balaban J connectivity index is 3.54. The topological polar surface area (TPSA) is 69.6 Å². The second kappa shape index (κ2) is 57.9. The molecule has 0 aromatic heterocycles.